The zero-order chi connectivity index (χ0) is 20.8. The van der Waals surface area contributed by atoms with E-state index in [1.807, 2.05) is 47.8 Å². The van der Waals surface area contributed by atoms with E-state index in [0.717, 1.165) is 59.4 Å². The number of hydrogen-bond acceptors (Lipinski definition) is 2. The van der Waals surface area contributed by atoms with Crippen molar-refractivity contribution in [3.63, 3.8) is 0 Å². The molecule has 0 aliphatic heterocycles. The Morgan fingerprint density at radius 3 is 2.47 bits per heavy atom. The molecule has 1 atom stereocenters. The molecule has 0 bridgehead atoms. The van der Waals surface area contributed by atoms with Gasteiger partial charge in [-0.15, -0.1) is 0 Å². The number of hydrogen-bond donors (Lipinski definition) is 0. The quantitative estimate of drug-likeness (QED) is 0.370. The van der Waals surface area contributed by atoms with Crippen molar-refractivity contribution in [1.82, 2.24) is 14.6 Å². The van der Waals surface area contributed by atoms with Crippen LogP contribution in [0.5, 0.6) is 0 Å². The van der Waals surface area contributed by atoms with E-state index in [-0.39, 0.29) is 5.82 Å². The standard InChI is InChI=1S/C25H23ClFN3/c1-3-16-4-13-22-21(14-16)24(18-7-11-20(27)12-8-18)28-25-23(15(2)29-30(22)25)17-5-9-19(26)10-6-17/h5-12,16H,3-4,13-14H2,1-2H3. The van der Waals surface area contributed by atoms with Crippen molar-refractivity contribution in [2.45, 2.75) is 39.5 Å². The summed E-state index contributed by atoms with van der Waals surface area (Å²) in [5.74, 6) is 0.408. The molecular weight excluding hydrogens is 397 g/mol. The predicted molar refractivity (Wildman–Crippen MR) is 119 cm³/mol. The third-order valence-corrected chi connectivity index (χ3v) is 6.51. The molecule has 0 fully saturated rings. The fourth-order valence-corrected chi connectivity index (χ4v) is 4.72. The summed E-state index contributed by atoms with van der Waals surface area (Å²) in [4.78, 5) is 5.12. The Bertz CT molecular complexity index is 1230. The monoisotopic (exact) mass is 419 g/mol. The summed E-state index contributed by atoms with van der Waals surface area (Å²) in [5, 5.41) is 5.59. The van der Waals surface area contributed by atoms with Crippen molar-refractivity contribution < 1.29 is 4.39 Å². The van der Waals surface area contributed by atoms with Crippen molar-refractivity contribution in [3.05, 3.63) is 76.3 Å². The zero-order valence-corrected chi connectivity index (χ0v) is 17.9. The van der Waals surface area contributed by atoms with Crippen molar-refractivity contribution >= 4 is 17.2 Å². The maximum Gasteiger partial charge on any atom is 0.164 e. The maximum atomic E-state index is 13.6. The van der Waals surface area contributed by atoms with E-state index in [9.17, 15) is 4.39 Å². The first-order chi connectivity index (χ1) is 14.5. The largest absolute Gasteiger partial charge is 0.228 e. The number of halogens is 2. The zero-order valence-electron chi connectivity index (χ0n) is 17.1. The summed E-state index contributed by atoms with van der Waals surface area (Å²) < 4.78 is 15.6. The van der Waals surface area contributed by atoms with Gasteiger partial charge in [0.2, 0.25) is 0 Å². The lowest BCUT2D eigenvalue weighted by Crippen LogP contribution is -2.19. The SMILES string of the molecule is CCC1CCc2c(c(-c3ccc(F)cc3)nc3c(-c4ccc(Cl)cc4)c(C)nn23)C1. The van der Waals surface area contributed by atoms with Crippen LogP contribution >= 0.6 is 11.6 Å². The van der Waals surface area contributed by atoms with Gasteiger partial charge < -0.3 is 0 Å². The van der Waals surface area contributed by atoms with Gasteiger partial charge in [-0.25, -0.2) is 13.9 Å². The van der Waals surface area contributed by atoms with Crippen LogP contribution in [0.3, 0.4) is 0 Å². The van der Waals surface area contributed by atoms with Gasteiger partial charge in [-0.1, -0.05) is 37.1 Å². The molecule has 0 spiro atoms. The summed E-state index contributed by atoms with van der Waals surface area (Å²) >= 11 is 6.10. The van der Waals surface area contributed by atoms with E-state index in [1.54, 1.807) is 0 Å². The number of fused-ring (bicyclic) bond motifs is 3. The lowest BCUT2D eigenvalue weighted by molar-refractivity contribution is 0.435. The molecule has 3 nitrogen and oxygen atoms in total. The van der Waals surface area contributed by atoms with Gasteiger partial charge in [-0.2, -0.15) is 5.10 Å². The number of rotatable bonds is 3. The molecule has 2 heterocycles. The molecule has 4 aromatic rings. The summed E-state index contributed by atoms with van der Waals surface area (Å²) in [6, 6.07) is 14.5. The first kappa shape index (κ1) is 19.3. The third-order valence-electron chi connectivity index (χ3n) is 6.25. The number of nitrogens with zero attached hydrogens (tertiary/aromatic N) is 3. The summed E-state index contributed by atoms with van der Waals surface area (Å²) in [5.41, 5.74) is 8.24. The fraction of sp³-hybridized carbons (Fsp3) is 0.280. The molecule has 2 aromatic heterocycles. The average Bonchev–Trinajstić information content (AvgIpc) is 3.10. The van der Waals surface area contributed by atoms with Crippen LogP contribution in [0.15, 0.2) is 48.5 Å². The number of aryl methyl sites for hydroxylation is 2. The highest BCUT2D eigenvalue weighted by atomic mass is 35.5. The minimum atomic E-state index is -0.234. The van der Waals surface area contributed by atoms with E-state index in [4.69, 9.17) is 21.7 Å². The molecule has 5 heteroatoms. The van der Waals surface area contributed by atoms with E-state index in [1.165, 1.54) is 23.4 Å². The molecule has 0 saturated heterocycles. The predicted octanol–water partition coefficient (Wildman–Crippen LogP) is 6.68. The van der Waals surface area contributed by atoms with E-state index in [2.05, 4.69) is 6.92 Å². The van der Waals surface area contributed by atoms with Gasteiger partial charge in [0.15, 0.2) is 5.65 Å². The van der Waals surface area contributed by atoms with Gasteiger partial charge in [-0.05, 0) is 74.1 Å². The molecule has 0 radical (unpaired) electrons. The Morgan fingerprint density at radius 2 is 1.77 bits per heavy atom. The van der Waals surface area contributed by atoms with Gasteiger partial charge in [0.05, 0.1) is 11.4 Å². The Kier molecular flexibility index (Phi) is 4.82. The minimum Gasteiger partial charge on any atom is -0.228 e. The van der Waals surface area contributed by atoms with Crippen LogP contribution in [-0.4, -0.2) is 14.6 Å². The van der Waals surface area contributed by atoms with Crippen LogP contribution in [0.25, 0.3) is 28.0 Å². The molecule has 1 aliphatic rings. The smallest absolute Gasteiger partial charge is 0.164 e. The second kappa shape index (κ2) is 7.51. The molecule has 30 heavy (non-hydrogen) atoms. The third kappa shape index (κ3) is 3.20. The van der Waals surface area contributed by atoms with E-state index >= 15 is 0 Å². The van der Waals surface area contributed by atoms with E-state index in [0.29, 0.717) is 10.9 Å². The summed E-state index contributed by atoms with van der Waals surface area (Å²) in [6.07, 6.45) is 4.26. The van der Waals surface area contributed by atoms with Crippen molar-refractivity contribution in [2.24, 2.45) is 5.92 Å². The molecule has 0 saturated carbocycles. The summed E-state index contributed by atoms with van der Waals surface area (Å²) in [6.45, 7) is 4.27. The Labute approximate surface area is 180 Å². The Balaban J connectivity index is 1.80. The average molecular weight is 420 g/mol. The highest BCUT2D eigenvalue weighted by Gasteiger charge is 2.27. The van der Waals surface area contributed by atoms with Gasteiger partial charge in [0.25, 0.3) is 0 Å². The molecular formula is C25H23ClFN3. The normalized spacial score (nSPS) is 16.1. The molecule has 0 amide bonds. The molecule has 1 unspecified atom stereocenters. The van der Waals surface area contributed by atoms with Crippen molar-refractivity contribution in [1.29, 1.82) is 0 Å². The highest BCUT2D eigenvalue weighted by molar-refractivity contribution is 6.30. The minimum absolute atomic E-state index is 0.234. The summed E-state index contributed by atoms with van der Waals surface area (Å²) in [7, 11) is 0. The van der Waals surface area contributed by atoms with Crippen molar-refractivity contribution in [3.8, 4) is 22.4 Å². The Morgan fingerprint density at radius 1 is 1.07 bits per heavy atom. The Hall–Kier alpha value is -2.72. The van der Waals surface area contributed by atoms with Crippen molar-refractivity contribution in [2.75, 3.05) is 0 Å². The van der Waals surface area contributed by atoms with E-state index < -0.39 is 0 Å². The van der Waals surface area contributed by atoms with Crippen LogP contribution in [0.1, 0.15) is 36.7 Å². The molecule has 0 N–H and O–H groups in total. The van der Waals surface area contributed by atoms with Crippen LogP contribution in [0.4, 0.5) is 4.39 Å². The second-order valence-electron chi connectivity index (χ2n) is 8.11. The highest BCUT2D eigenvalue weighted by Crippen LogP contribution is 2.37. The number of aromatic nitrogens is 3. The molecule has 1 aliphatic carbocycles. The van der Waals surface area contributed by atoms with Gasteiger partial charge in [0.1, 0.15) is 5.82 Å². The first-order valence-corrected chi connectivity index (χ1v) is 10.9. The van der Waals surface area contributed by atoms with Gasteiger partial charge >= 0.3 is 0 Å². The molecule has 5 rings (SSSR count). The van der Waals surface area contributed by atoms with Gasteiger partial charge in [0, 0.05) is 27.4 Å². The second-order valence-corrected chi connectivity index (χ2v) is 8.55. The molecule has 152 valence electrons. The van der Waals surface area contributed by atoms with Crippen LogP contribution in [0, 0.1) is 18.7 Å². The van der Waals surface area contributed by atoms with Crippen LogP contribution in [0.2, 0.25) is 5.02 Å². The topological polar surface area (TPSA) is 30.2 Å². The lowest BCUT2D eigenvalue weighted by atomic mass is 9.83. The first-order valence-electron chi connectivity index (χ1n) is 10.5. The maximum absolute atomic E-state index is 13.6. The van der Waals surface area contributed by atoms with Gasteiger partial charge in [-0.3, -0.25) is 0 Å². The molecule has 2 aromatic carbocycles. The fourth-order valence-electron chi connectivity index (χ4n) is 4.60. The lowest BCUT2D eigenvalue weighted by Gasteiger charge is -2.26. The van der Waals surface area contributed by atoms with Crippen LogP contribution < -0.4 is 0 Å². The number of benzene rings is 2. The van der Waals surface area contributed by atoms with Crippen LogP contribution in [-0.2, 0) is 12.8 Å².